The Kier molecular flexibility index (Phi) is 5.94. The van der Waals surface area contributed by atoms with Gasteiger partial charge in [-0.15, -0.1) is 0 Å². The normalized spacial score (nSPS) is 31.8. The second-order valence-corrected chi connectivity index (χ2v) is 6.19. The lowest BCUT2D eigenvalue weighted by Gasteiger charge is -2.43. The summed E-state index contributed by atoms with van der Waals surface area (Å²) in [4.78, 5) is 0. The molecule has 0 bridgehead atoms. The fraction of sp³-hybridized carbons (Fsp3) is 1.00. The van der Waals surface area contributed by atoms with Crippen LogP contribution < -0.4 is 0 Å². The minimum absolute atomic E-state index is 0.249. The summed E-state index contributed by atoms with van der Waals surface area (Å²) >= 11 is 0. The van der Waals surface area contributed by atoms with Crippen LogP contribution in [0.5, 0.6) is 0 Å². The summed E-state index contributed by atoms with van der Waals surface area (Å²) in [5.41, 5.74) is -0.249. The zero-order chi connectivity index (χ0) is 12.9. The molecular weight excluding hydrogens is 212 g/mol. The number of rotatable bonds is 6. The van der Waals surface area contributed by atoms with Crippen molar-refractivity contribution in [3.63, 3.8) is 0 Å². The summed E-state index contributed by atoms with van der Waals surface area (Å²) in [6.07, 6.45) is 6.22. The number of ether oxygens (including phenoxy) is 1. The summed E-state index contributed by atoms with van der Waals surface area (Å²) in [7, 11) is 0. The standard InChI is InChI=1S/C15H30O2/c1-5-17-15(10-6-7-13(4)11-15)14(16)9-8-12(2)3/h12-14,16H,5-11H2,1-4H3. The summed E-state index contributed by atoms with van der Waals surface area (Å²) < 4.78 is 5.98. The van der Waals surface area contributed by atoms with Gasteiger partial charge in [0.15, 0.2) is 0 Å². The predicted octanol–water partition coefficient (Wildman–Crippen LogP) is 3.77. The third kappa shape index (κ3) is 4.26. The maximum absolute atomic E-state index is 10.5. The largest absolute Gasteiger partial charge is 0.390 e. The van der Waals surface area contributed by atoms with Gasteiger partial charge in [-0.2, -0.15) is 0 Å². The molecule has 0 amide bonds. The quantitative estimate of drug-likeness (QED) is 0.768. The van der Waals surface area contributed by atoms with Crippen LogP contribution in [-0.2, 0) is 4.74 Å². The van der Waals surface area contributed by atoms with Crippen molar-refractivity contribution >= 4 is 0 Å². The Morgan fingerprint density at radius 1 is 1.35 bits per heavy atom. The highest BCUT2D eigenvalue weighted by atomic mass is 16.5. The lowest BCUT2D eigenvalue weighted by molar-refractivity contribution is -0.150. The van der Waals surface area contributed by atoms with E-state index in [1.807, 2.05) is 6.92 Å². The van der Waals surface area contributed by atoms with Crippen LogP contribution in [-0.4, -0.2) is 23.4 Å². The van der Waals surface area contributed by atoms with Gasteiger partial charge in [0.25, 0.3) is 0 Å². The molecule has 1 aliphatic carbocycles. The highest BCUT2D eigenvalue weighted by Gasteiger charge is 2.41. The van der Waals surface area contributed by atoms with E-state index >= 15 is 0 Å². The summed E-state index contributed by atoms with van der Waals surface area (Å²) in [6.45, 7) is 9.46. The lowest BCUT2D eigenvalue weighted by atomic mass is 9.74. The second-order valence-electron chi connectivity index (χ2n) is 6.19. The zero-order valence-electron chi connectivity index (χ0n) is 12.0. The summed E-state index contributed by atoms with van der Waals surface area (Å²) in [5.74, 6) is 1.34. The van der Waals surface area contributed by atoms with Gasteiger partial charge in [0.1, 0.15) is 0 Å². The maximum atomic E-state index is 10.5. The van der Waals surface area contributed by atoms with Crippen LogP contribution in [0.2, 0.25) is 0 Å². The molecule has 1 saturated carbocycles. The molecule has 0 radical (unpaired) electrons. The third-order valence-electron chi connectivity index (χ3n) is 4.05. The molecule has 1 fully saturated rings. The highest BCUT2D eigenvalue weighted by molar-refractivity contribution is 4.93. The fourth-order valence-corrected chi connectivity index (χ4v) is 3.12. The molecule has 0 aromatic rings. The summed E-state index contributed by atoms with van der Waals surface area (Å²) in [6, 6.07) is 0. The first kappa shape index (κ1) is 15.0. The topological polar surface area (TPSA) is 29.5 Å². The predicted molar refractivity (Wildman–Crippen MR) is 72.1 cm³/mol. The van der Waals surface area contributed by atoms with Gasteiger partial charge in [0, 0.05) is 6.61 Å². The molecule has 1 aliphatic rings. The van der Waals surface area contributed by atoms with Crippen LogP contribution >= 0.6 is 0 Å². The molecule has 0 aliphatic heterocycles. The van der Waals surface area contributed by atoms with Crippen LogP contribution in [0.3, 0.4) is 0 Å². The van der Waals surface area contributed by atoms with Crippen LogP contribution in [0, 0.1) is 11.8 Å². The fourth-order valence-electron chi connectivity index (χ4n) is 3.12. The zero-order valence-corrected chi connectivity index (χ0v) is 12.0. The van der Waals surface area contributed by atoms with Crippen molar-refractivity contribution in [2.24, 2.45) is 11.8 Å². The molecule has 102 valence electrons. The summed E-state index contributed by atoms with van der Waals surface area (Å²) in [5, 5.41) is 10.5. The van der Waals surface area contributed by atoms with Crippen molar-refractivity contribution in [2.45, 2.75) is 77.9 Å². The Balaban J connectivity index is 2.61. The Morgan fingerprint density at radius 3 is 2.59 bits per heavy atom. The Labute approximate surface area is 107 Å². The van der Waals surface area contributed by atoms with Gasteiger partial charge in [0.05, 0.1) is 11.7 Å². The maximum Gasteiger partial charge on any atom is 0.0942 e. The van der Waals surface area contributed by atoms with Gasteiger partial charge in [0.2, 0.25) is 0 Å². The van der Waals surface area contributed by atoms with Gasteiger partial charge in [-0.3, -0.25) is 0 Å². The van der Waals surface area contributed by atoms with E-state index in [9.17, 15) is 5.11 Å². The van der Waals surface area contributed by atoms with Crippen molar-refractivity contribution in [2.75, 3.05) is 6.61 Å². The molecule has 0 aromatic carbocycles. The second kappa shape index (κ2) is 6.75. The number of aliphatic hydroxyl groups excluding tert-OH is 1. The van der Waals surface area contributed by atoms with Gasteiger partial charge >= 0.3 is 0 Å². The molecule has 1 rings (SSSR count). The van der Waals surface area contributed by atoms with Crippen LogP contribution in [0.1, 0.15) is 66.2 Å². The first-order valence-electron chi connectivity index (χ1n) is 7.32. The molecule has 0 heterocycles. The molecule has 2 heteroatoms. The first-order chi connectivity index (χ1) is 8.00. The number of hydrogen-bond acceptors (Lipinski definition) is 2. The van der Waals surface area contributed by atoms with E-state index < -0.39 is 0 Å². The van der Waals surface area contributed by atoms with Gasteiger partial charge < -0.3 is 9.84 Å². The first-order valence-corrected chi connectivity index (χ1v) is 7.32. The molecular formula is C15H30O2. The van der Waals surface area contributed by atoms with Crippen molar-refractivity contribution in [1.29, 1.82) is 0 Å². The molecule has 3 unspecified atom stereocenters. The molecule has 1 N–H and O–H groups in total. The molecule has 0 saturated heterocycles. The SMILES string of the molecule is CCOC1(C(O)CCC(C)C)CCCC(C)C1. The van der Waals surface area contributed by atoms with Gasteiger partial charge in [-0.1, -0.05) is 33.6 Å². The molecule has 2 nitrogen and oxygen atoms in total. The highest BCUT2D eigenvalue weighted by Crippen LogP contribution is 2.39. The van der Waals surface area contributed by atoms with E-state index in [0.29, 0.717) is 18.4 Å². The molecule has 0 spiro atoms. The minimum Gasteiger partial charge on any atom is -0.390 e. The average Bonchev–Trinajstić information content (AvgIpc) is 2.26. The average molecular weight is 242 g/mol. The van der Waals surface area contributed by atoms with E-state index in [1.54, 1.807) is 0 Å². The van der Waals surface area contributed by atoms with Crippen LogP contribution in [0.15, 0.2) is 0 Å². The van der Waals surface area contributed by atoms with Gasteiger partial charge in [-0.25, -0.2) is 0 Å². The molecule has 0 aromatic heterocycles. The molecule has 3 atom stereocenters. The van der Waals surface area contributed by atoms with Crippen LogP contribution in [0.25, 0.3) is 0 Å². The van der Waals surface area contributed by atoms with Crippen molar-refractivity contribution in [1.82, 2.24) is 0 Å². The Hall–Kier alpha value is -0.0800. The Bertz CT molecular complexity index is 211. The van der Waals surface area contributed by atoms with E-state index in [4.69, 9.17) is 4.74 Å². The Morgan fingerprint density at radius 2 is 2.06 bits per heavy atom. The van der Waals surface area contributed by atoms with E-state index in [-0.39, 0.29) is 11.7 Å². The van der Waals surface area contributed by atoms with E-state index in [0.717, 1.165) is 25.7 Å². The minimum atomic E-state index is -0.285. The van der Waals surface area contributed by atoms with E-state index in [2.05, 4.69) is 20.8 Å². The van der Waals surface area contributed by atoms with Gasteiger partial charge in [-0.05, 0) is 44.4 Å². The van der Waals surface area contributed by atoms with Crippen LogP contribution in [0.4, 0.5) is 0 Å². The van der Waals surface area contributed by atoms with Crippen molar-refractivity contribution in [3.8, 4) is 0 Å². The lowest BCUT2D eigenvalue weighted by Crippen LogP contribution is -2.48. The third-order valence-corrected chi connectivity index (χ3v) is 4.05. The smallest absolute Gasteiger partial charge is 0.0942 e. The molecule has 17 heavy (non-hydrogen) atoms. The van der Waals surface area contributed by atoms with Crippen molar-refractivity contribution in [3.05, 3.63) is 0 Å². The number of aliphatic hydroxyl groups is 1. The number of hydrogen-bond donors (Lipinski definition) is 1. The van der Waals surface area contributed by atoms with E-state index in [1.165, 1.54) is 12.8 Å². The van der Waals surface area contributed by atoms with Crippen molar-refractivity contribution < 1.29 is 9.84 Å². The monoisotopic (exact) mass is 242 g/mol.